The van der Waals surface area contributed by atoms with E-state index in [1.807, 2.05) is 0 Å². The number of halogens is 2. The minimum absolute atomic E-state index is 0.0918. The summed E-state index contributed by atoms with van der Waals surface area (Å²) >= 11 is 3.23. The maximum Gasteiger partial charge on any atom is 0.237 e. The van der Waals surface area contributed by atoms with Gasteiger partial charge in [0.2, 0.25) is 5.88 Å². The zero-order valence-electron chi connectivity index (χ0n) is 8.73. The minimum atomic E-state index is -0.460. The molecule has 0 saturated carbocycles. The van der Waals surface area contributed by atoms with Crippen molar-refractivity contribution in [2.24, 2.45) is 5.73 Å². The molecule has 0 aliphatic rings. The number of aromatic nitrogens is 2. The lowest BCUT2D eigenvalue weighted by molar-refractivity contribution is 0.424. The van der Waals surface area contributed by atoms with Crippen molar-refractivity contribution in [2.75, 3.05) is 0 Å². The van der Waals surface area contributed by atoms with Crippen molar-refractivity contribution in [2.45, 2.75) is 6.54 Å². The van der Waals surface area contributed by atoms with E-state index in [0.717, 1.165) is 4.47 Å². The van der Waals surface area contributed by atoms with Crippen molar-refractivity contribution in [1.82, 2.24) is 9.97 Å². The summed E-state index contributed by atoms with van der Waals surface area (Å²) in [7, 11) is 0. The van der Waals surface area contributed by atoms with E-state index in [1.54, 1.807) is 6.07 Å². The fourth-order valence-corrected chi connectivity index (χ4v) is 1.51. The van der Waals surface area contributed by atoms with Gasteiger partial charge in [0, 0.05) is 11.0 Å². The average molecular weight is 298 g/mol. The van der Waals surface area contributed by atoms with Crippen LogP contribution in [0.4, 0.5) is 4.39 Å². The van der Waals surface area contributed by atoms with Crippen molar-refractivity contribution in [1.29, 1.82) is 0 Å². The van der Waals surface area contributed by atoms with Crippen LogP contribution in [0, 0.1) is 5.82 Å². The zero-order valence-corrected chi connectivity index (χ0v) is 10.3. The van der Waals surface area contributed by atoms with E-state index in [4.69, 9.17) is 10.5 Å². The molecule has 0 aliphatic carbocycles. The molecule has 6 heteroatoms. The number of ether oxygens (including phenoxy) is 1. The largest absolute Gasteiger partial charge is 0.434 e. The third-order valence-corrected chi connectivity index (χ3v) is 2.49. The molecule has 0 bridgehead atoms. The summed E-state index contributed by atoms with van der Waals surface area (Å²) in [6, 6.07) is 4.42. The lowest BCUT2D eigenvalue weighted by atomic mass is 10.3. The van der Waals surface area contributed by atoms with Gasteiger partial charge in [-0.1, -0.05) is 15.9 Å². The Kier molecular flexibility index (Phi) is 3.65. The molecule has 0 saturated heterocycles. The van der Waals surface area contributed by atoms with Crippen LogP contribution in [0.5, 0.6) is 11.6 Å². The summed E-state index contributed by atoms with van der Waals surface area (Å²) in [5.41, 5.74) is 6.03. The second kappa shape index (κ2) is 5.20. The van der Waals surface area contributed by atoms with Gasteiger partial charge in [0.15, 0.2) is 11.6 Å². The van der Waals surface area contributed by atoms with Gasteiger partial charge in [-0.2, -0.15) is 0 Å². The van der Waals surface area contributed by atoms with Gasteiger partial charge >= 0.3 is 0 Å². The van der Waals surface area contributed by atoms with E-state index in [-0.39, 0.29) is 11.6 Å². The number of nitrogens with zero attached hydrogens (tertiary/aromatic N) is 2. The first-order valence-corrected chi connectivity index (χ1v) is 5.62. The van der Waals surface area contributed by atoms with Gasteiger partial charge in [-0.25, -0.2) is 9.37 Å². The summed E-state index contributed by atoms with van der Waals surface area (Å²) < 4.78 is 19.4. The van der Waals surface area contributed by atoms with Crippen molar-refractivity contribution in [3.63, 3.8) is 0 Å². The van der Waals surface area contributed by atoms with Gasteiger partial charge in [-0.05, 0) is 18.2 Å². The normalized spacial score (nSPS) is 10.3. The standard InChI is InChI=1S/C11H9BrFN3O/c12-7-1-2-9(13)10(3-7)17-11-6-15-8(4-14)5-16-11/h1-3,5-6H,4,14H2. The molecule has 88 valence electrons. The van der Waals surface area contributed by atoms with Crippen molar-refractivity contribution in [3.05, 3.63) is 46.6 Å². The maximum atomic E-state index is 13.4. The van der Waals surface area contributed by atoms with Crippen LogP contribution in [0.15, 0.2) is 35.1 Å². The SMILES string of the molecule is NCc1cnc(Oc2cc(Br)ccc2F)cn1. The molecular formula is C11H9BrFN3O. The average Bonchev–Trinajstić information content (AvgIpc) is 2.35. The highest BCUT2D eigenvalue weighted by Gasteiger charge is 2.06. The number of nitrogens with two attached hydrogens (primary N) is 1. The molecule has 1 aromatic carbocycles. The van der Waals surface area contributed by atoms with Gasteiger partial charge in [-0.3, -0.25) is 4.98 Å². The number of hydrogen-bond donors (Lipinski definition) is 1. The lowest BCUT2D eigenvalue weighted by Gasteiger charge is -2.06. The predicted octanol–water partition coefficient (Wildman–Crippen LogP) is 2.63. The molecule has 1 aromatic heterocycles. The first-order valence-electron chi connectivity index (χ1n) is 4.83. The number of rotatable bonds is 3. The predicted molar refractivity (Wildman–Crippen MR) is 64.1 cm³/mol. The molecule has 4 nitrogen and oxygen atoms in total. The highest BCUT2D eigenvalue weighted by Crippen LogP contribution is 2.25. The van der Waals surface area contributed by atoms with Crippen LogP contribution in [0.2, 0.25) is 0 Å². The third-order valence-electron chi connectivity index (χ3n) is 2.00. The Balaban J connectivity index is 2.22. The lowest BCUT2D eigenvalue weighted by Crippen LogP contribution is -2.00. The second-order valence-corrected chi connectivity index (χ2v) is 4.14. The van der Waals surface area contributed by atoms with Gasteiger partial charge in [-0.15, -0.1) is 0 Å². The highest BCUT2D eigenvalue weighted by atomic mass is 79.9. The van der Waals surface area contributed by atoms with Gasteiger partial charge in [0.1, 0.15) is 0 Å². The third kappa shape index (κ3) is 2.98. The summed E-state index contributed by atoms with van der Waals surface area (Å²) in [6.45, 7) is 0.304. The van der Waals surface area contributed by atoms with E-state index >= 15 is 0 Å². The first-order chi connectivity index (χ1) is 8.19. The highest BCUT2D eigenvalue weighted by molar-refractivity contribution is 9.10. The van der Waals surface area contributed by atoms with E-state index in [0.29, 0.717) is 12.2 Å². The summed E-state index contributed by atoms with van der Waals surface area (Å²) in [5, 5.41) is 0. The molecular weight excluding hydrogens is 289 g/mol. The molecule has 0 spiro atoms. The summed E-state index contributed by atoms with van der Waals surface area (Å²) in [5.74, 6) is -0.147. The topological polar surface area (TPSA) is 61.0 Å². The Morgan fingerprint density at radius 2 is 2.12 bits per heavy atom. The smallest absolute Gasteiger partial charge is 0.237 e. The quantitative estimate of drug-likeness (QED) is 0.946. The molecule has 17 heavy (non-hydrogen) atoms. The minimum Gasteiger partial charge on any atom is -0.434 e. The summed E-state index contributed by atoms with van der Waals surface area (Å²) in [6.07, 6.45) is 2.90. The maximum absolute atomic E-state index is 13.4. The van der Waals surface area contributed by atoms with E-state index in [2.05, 4.69) is 25.9 Å². The van der Waals surface area contributed by atoms with Crippen molar-refractivity contribution in [3.8, 4) is 11.6 Å². The molecule has 2 rings (SSSR count). The molecule has 2 aromatic rings. The Labute approximate surface area is 106 Å². The van der Waals surface area contributed by atoms with E-state index in [9.17, 15) is 4.39 Å². The summed E-state index contributed by atoms with van der Waals surface area (Å²) in [4.78, 5) is 7.97. The molecule has 0 amide bonds. The van der Waals surface area contributed by atoms with Gasteiger partial charge < -0.3 is 10.5 Å². The number of benzene rings is 1. The molecule has 0 atom stereocenters. The Morgan fingerprint density at radius 1 is 1.29 bits per heavy atom. The van der Waals surface area contributed by atoms with Crippen LogP contribution in [0.1, 0.15) is 5.69 Å². The first kappa shape index (κ1) is 11.9. The monoisotopic (exact) mass is 297 g/mol. The van der Waals surface area contributed by atoms with Crippen LogP contribution in [0.3, 0.4) is 0 Å². The van der Waals surface area contributed by atoms with Crippen molar-refractivity contribution >= 4 is 15.9 Å². The van der Waals surface area contributed by atoms with Crippen LogP contribution < -0.4 is 10.5 Å². The van der Waals surface area contributed by atoms with E-state index < -0.39 is 5.82 Å². The molecule has 0 aliphatic heterocycles. The van der Waals surface area contributed by atoms with Crippen LogP contribution in [-0.4, -0.2) is 9.97 Å². The van der Waals surface area contributed by atoms with E-state index in [1.165, 1.54) is 24.5 Å². The van der Waals surface area contributed by atoms with Crippen LogP contribution >= 0.6 is 15.9 Å². The fourth-order valence-electron chi connectivity index (χ4n) is 1.17. The van der Waals surface area contributed by atoms with Crippen LogP contribution in [-0.2, 0) is 6.54 Å². The molecule has 0 radical (unpaired) electrons. The molecule has 0 fully saturated rings. The second-order valence-electron chi connectivity index (χ2n) is 3.23. The molecule has 1 heterocycles. The van der Waals surface area contributed by atoms with Gasteiger partial charge in [0.05, 0.1) is 18.1 Å². The van der Waals surface area contributed by atoms with Crippen molar-refractivity contribution < 1.29 is 9.13 Å². The molecule has 0 unspecified atom stereocenters. The van der Waals surface area contributed by atoms with Crippen LogP contribution in [0.25, 0.3) is 0 Å². The Bertz CT molecular complexity index is 519. The zero-order chi connectivity index (χ0) is 12.3. The fraction of sp³-hybridized carbons (Fsp3) is 0.0909. The number of hydrogen-bond acceptors (Lipinski definition) is 4. The Hall–Kier alpha value is -1.53. The Morgan fingerprint density at radius 3 is 2.76 bits per heavy atom. The molecule has 2 N–H and O–H groups in total. The van der Waals surface area contributed by atoms with Gasteiger partial charge in [0.25, 0.3) is 0 Å².